The summed E-state index contributed by atoms with van der Waals surface area (Å²) in [6.45, 7) is 0.611. The fraction of sp³-hybridized carbons (Fsp3) is 0.500. The summed E-state index contributed by atoms with van der Waals surface area (Å²) >= 11 is 8.29. The fourth-order valence-corrected chi connectivity index (χ4v) is 3.08. The Morgan fingerprint density at radius 3 is 2.84 bits per heavy atom. The Balaban J connectivity index is 1.91. The highest BCUT2D eigenvalue weighted by molar-refractivity contribution is 14.1. The number of phenols is 1. The lowest BCUT2D eigenvalue weighted by atomic mass is 9.88. The molecule has 1 saturated carbocycles. The van der Waals surface area contributed by atoms with Gasteiger partial charge in [0.2, 0.25) is 0 Å². The molecule has 1 amide bonds. The second-order valence-corrected chi connectivity index (χ2v) is 6.66. The number of rotatable bonds is 3. The average Bonchev–Trinajstić information content (AvgIpc) is 2.40. The molecule has 5 heteroatoms. The Morgan fingerprint density at radius 2 is 2.16 bits per heavy atom. The van der Waals surface area contributed by atoms with Crippen LogP contribution in [-0.2, 0) is 0 Å². The molecule has 0 saturated heterocycles. The van der Waals surface area contributed by atoms with Gasteiger partial charge in [0.1, 0.15) is 5.75 Å². The van der Waals surface area contributed by atoms with E-state index in [4.69, 9.17) is 11.6 Å². The van der Waals surface area contributed by atoms with Gasteiger partial charge in [-0.25, -0.2) is 0 Å². The minimum atomic E-state index is -0.152. The first kappa shape index (κ1) is 14.9. The molecule has 1 fully saturated rings. The lowest BCUT2D eigenvalue weighted by Gasteiger charge is -2.27. The van der Waals surface area contributed by atoms with Gasteiger partial charge in [-0.15, -0.1) is 11.6 Å². The molecule has 2 N–H and O–H groups in total. The van der Waals surface area contributed by atoms with Crippen molar-refractivity contribution in [1.29, 1.82) is 0 Å². The summed E-state index contributed by atoms with van der Waals surface area (Å²) in [5.74, 6) is 0.346. The summed E-state index contributed by atoms with van der Waals surface area (Å²) in [6.07, 6.45) is 4.48. The van der Waals surface area contributed by atoms with E-state index in [0.29, 0.717) is 18.0 Å². The highest BCUT2D eigenvalue weighted by Crippen LogP contribution is 2.28. The van der Waals surface area contributed by atoms with E-state index >= 15 is 0 Å². The molecule has 0 aromatic heterocycles. The highest BCUT2D eigenvalue weighted by atomic mass is 127. The predicted octanol–water partition coefficient (Wildman–Crippen LogP) is 3.52. The van der Waals surface area contributed by atoms with E-state index in [1.165, 1.54) is 18.9 Å². The zero-order chi connectivity index (χ0) is 13.8. The van der Waals surface area contributed by atoms with Gasteiger partial charge in [0.15, 0.2) is 0 Å². The number of phenolic OH excluding ortho intramolecular Hbond substituents is 1. The maximum atomic E-state index is 12.0. The van der Waals surface area contributed by atoms with Crippen LogP contribution in [0.1, 0.15) is 36.0 Å². The second-order valence-electron chi connectivity index (χ2n) is 4.94. The number of hydrogen-bond donors (Lipinski definition) is 2. The normalized spacial score (nSPS) is 23.1. The smallest absolute Gasteiger partial charge is 0.251 e. The molecule has 0 radical (unpaired) electrons. The van der Waals surface area contributed by atoms with E-state index in [9.17, 15) is 9.90 Å². The molecule has 1 aromatic rings. The van der Waals surface area contributed by atoms with Crippen molar-refractivity contribution in [3.8, 4) is 5.75 Å². The minimum Gasteiger partial charge on any atom is -0.507 e. The average molecular weight is 394 g/mol. The van der Waals surface area contributed by atoms with Crippen LogP contribution in [0.4, 0.5) is 0 Å². The predicted molar refractivity (Wildman–Crippen MR) is 84.8 cm³/mol. The molecule has 2 rings (SSSR count). The highest BCUT2D eigenvalue weighted by Gasteiger charge is 2.23. The molecule has 104 valence electrons. The number of carbonyl (C=O) groups excluding carboxylic acids is 1. The summed E-state index contributed by atoms with van der Waals surface area (Å²) < 4.78 is 0.738. The van der Waals surface area contributed by atoms with Crippen molar-refractivity contribution in [3.05, 3.63) is 27.3 Å². The summed E-state index contributed by atoms with van der Waals surface area (Å²) in [7, 11) is 0. The van der Waals surface area contributed by atoms with Gasteiger partial charge in [-0.1, -0.05) is 12.8 Å². The van der Waals surface area contributed by atoms with Crippen molar-refractivity contribution < 1.29 is 9.90 Å². The molecule has 2 unspecified atom stereocenters. The van der Waals surface area contributed by atoms with Crippen LogP contribution in [0, 0.1) is 9.49 Å². The van der Waals surface area contributed by atoms with Crippen molar-refractivity contribution in [1.82, 2.24) is 5.32 Å². The Kier molecular flexibility index (Phi) is 5.33. The molecule has 3 nitrogen and oxygen atoms in total. The minimum absolute atomic E-state index is 0.140. The second kappa shape index (κ2) is 6.79. The van der Waals surface area contributed by atoms with E-state index in [0.717, 1.165) is 16.4 Å². The van der Waals surface area contributed by atoms with E-state index in [1.54, 1.807) is 12.1 Å². The number of benzene rings is 1. The molecule has 0 spiro atoms. The van der Waals surface area contributed by atoms with Gasteiger partial charge in [0, 0.05) is 17.5 Å². The lowest BCUT2D eigenvalue weighted by Crippen LogP contribution is -2.34. The number of aromatic hydroxyl groups is 1. The van der Waals surface area contributed by atoms with Crippen LogP contribution < -0.4 is 5.32 Å². The third-order valence-corrected chi connectivity index (χ3v) is 5.04. The van der Waals surface area contributed by atoms with Crippen molar-refractivity contribution in [2.24, 2.45) is 5.92 Å². The molecule has 1 aliphatic rings. The van der Waals surface area contributed by atoms with Gasteiger partial charge < -0.3 is 10.4 Å². The quantitative estimate of drug-likeness (QED) is 0.610. The third kappa shape index (κ3) is 3.99. The number of amides is 1. The van der Waals surface area contributed by atoms with E-state index in [-0.39, 0.29) is 17.0 Å². The Labute approximate surface area is 131 Å². The summed E-state index contributed by atoms with van der Waals surface area (Å²) in [5.41, 5.74) is 0.486. The SMILES string of the molecule is O=C(NCC1CCCCC1Cl)c1ccc(I)c(O)c1. The Bertz CT molecular complexity index is 467. The third-order valence-electron chi connectivity index (χ3n) is 3.55. The zero-order valence-corrected chi connectivity index (χ0v) is 13.4. The fourth-order valence-electron chi connectivity index (χ4n) is 2.37. The van der Waals surface area contributed by atoms with Gasteiger partial charge in [0.25, 0.3) is 5.91 Å². The standard InChI is InChI=1S/C14H17ClINO2/c15-11-4-2-1-3-10(11)8-17-14(19)9-5-6-12(16)13(18)7-9/h5-7,10-11,18H,1-4,8H2,(H,17,19). The van der Waals surface area contributed by atoms with Crippen LogP contribution in [0.25, 0.3) is 0 Å². The van der Waals surface area contributed by atoms with Gasteiger partial charge in [0.05, 0.1) is 3.57 Å². The van der Waals surface area contributed by atoms with Gasteiger partial charge in [-0.2, -0.15) is 0 Å². The molecule has 1 aliphatic carbocycles. The van der Waals surface area contributed by atoms with Crippen LogP contribution in [-0.4, -0.2) is 22.9 Å². The van der Waals surface area contributed by atoms with Crippen molar-refractivity contribution in [2.75, 3.05) is 6.54 Å². The molecular formula is C14H17ClINO2. The van der Waals surface area contributed by atoms with Crippen LogP contribution in [0.5, 0.6) is 5.75 Å². The molecular weight excluding hydrogens is 377 g/mol. The Morgan fingerprint density at radius 1 is 1.42 bits per heavy atom. The molecule has 19 heavy (non-hydrogen) atoms. The van der Waals surface area contributed by atoms with E-state index in [2.05, 4.69) is 5.32 Å². The van der Waals surface area contributed by atoms with Crippen molar-refractivity contribution in [2.45, 2.75) is 31.1 Å². The monoisotopic (exact) mass is 393 g/mol. The molecule has 0 bridgehead atoms. The first-order valence-electron chi connectivity index (χ1n) is 6.48. The largest absolute Gasteiger partial charge is 0.507 e. The van der Waals surface area contributed by atoms with Gasteiger partial charge in [-0.05, 0) is 59.5 Å². The number of carbonyl (C=O) groups is 1. The first-order chi connectivity index (χ1) is 9.08. The van der Waals surface area contributed by atoms with E-state index in [1.807, 2.05) is 22.6 Å². The molecule has 1 aromatic carbocycles. The number of hydrogen-bond acceptors (Lipinski definition) is 2. The van der Waals surface area contributed by atoms with Crippen molar-refractivity contribution >= 4 is 40.1 Å². The summed E-state index contributed by atoms with van der Waals surface area (Å²) in [6, 6.07) is 4.95. The number of alkyl halides is 1. The summed E-state index contributed by atoms with van der Waals surface area (Å²) in [4.78, 5) is 12.0. The maximum absolute atomic E-state index is 12.0. The van der Waals surface area contributed by atoms with Gasteiger partial charge in [-0.3, -0.25) is 4.79 Å². The van der Waals surface area contributed by atoms with Crippen LogP contribution in [0.15, 0.2) is 18.2 Å². The van der Waals surface area contributed by atoms with Crippen LogP contribution in [0.2, 0.25) is 0 Å². The van der Waals surface area contributed by atoms with Crippen molar-refractivity contribution in [3.63, 3.8) is 0 Å². The molecule has 0 aliphatic heterocycles. The lowest BCUT2D eigenvalue weighted by molar-refractivity contribution is 0.0943. The van der Waals surface area contributed by atoms with E-state index < -0.39 is 0 Å². The number of nitrogens with one attached hydrogen (secondary N) is 1. The Hall–Kier alpha value is -0.490. The van der Waals surface area contributed by atoms with Gasteiger partial charge >= 0.3 is 0 Å². The maximum Gasteiger partial charge on any atom is 0.251 e. The molecule has 2 atom stereocenters. The van der Waals surface area contributed by atoms with Crippen LogP contribution in [0.3, 0.4) is 0 Å². The summed E-state index contributed by atoms with van der Waals surface area (Å²) in [5, 5.41) is 12.7. The first-order valence-corrected chi connectivity index (χ1v) is 8.00. The van der Waals surface area contributed by atoms with Crippen LogP contribution >= 0.6 is 34.2 Å². The topological polar surface area (TPSA) is 49.3 Å². The zero-order valence-electron chi connectivity index (χ0n) is 10.5. The molecule has 0 heterocycles. The number of halogens is 2.